The number of nitrogens with zero attached hydrogens (tertiary/aromatic N) is 1. The van der Waals surface area contributed by atoms with Crippen molar-refractivity contribution in [3.8, 4) is 5.75 Å². The van der Waals surface area contributed by atoms with Crippen LogP contribution in [-0.2, 0) is 0 Å². The summed E-state index contributed by atoms with van der Waals surface area (Å²) in [6.45, 7) is 3.11. The van der Waals surface area contributed by atoms with Crippen molar-refractivity contribution in [1.82, 2.24) is 10.2 Å². The molecule has 5 nitrogen and oxygen atoms in total. The lowest BCUT2D eigenvalue weighted by Gasteiger charge is -2.24. The van der Waals surface area contributed by atoms with Crippen LogP contribution < -0.4 is 15.4 Å². The molecule has 0 saturated heterocycles. The maximum Gasteiger partial charge on any atom is 0.319 e. The molecule has 0 fully saturated rings. The fourth-order valence-corrected chi connectivity index (χ4v) is 2.94. The molecule has 6 heteroatoms. The molecule has 124 valence electrons. The maximum atomic E-state index is 12.1. The third kappa shape index (κ3) is 5.26. The van der Waals surface area contributed by atoms with Crippen molar-refractivity contribution in [2.75, 3.05) is 32.6 Å². The van der Waals surface area contributed by atoms with Crippen molar-refractivity contribution in [1.29, 1.82) is 0 Å². The lowest BCUT2D eigenvalue weighted by molar-refractivity contribution is 0.243. The third-order valence-corrected chi connectivity index (χ3v) is 4.13. The van der Waals surface area contributed by atoms with Gasteiger partial charge in [-0.05, 0) is 67.7 Å². The van der Waals surface area contributed by atoms with E-state index >= 15 is 0 Å². The first-order valence-corrected chi connectivity index (χ1v) is 8.50. The van der Waals surface area contributed by atoms with Gasteiger partial charge in [-0.15, -0.1) is 0 Å². The lowest BCUT2D eigenvalue weighted by atomic mass is 10.1. The second-order valence-electron chi connectivity index (χ2n) is 5.33. The molecule has 2 amide bonds. The van der Waals surface area contributed by atoms with Crippen molar-refractivity contribution in [3.63, 3.8) is 0 Å². The third-order valence-electron chi connectivity index (χ3n) is 3.43. The lowest BCUT2D eigenvalue weighted by Crippen LogP contribution is -2.36. The molecule has 1 atom stereocenters. The van der Waals surface area contributed by atoms with Gasteiger partial charge >= 0.3 is 6.03 Å². The zero-order valence-electron chi connectivity index (χ0n) is 13.7. The molecule has 2 N–H and O–H groups in total. The number of anilines is 1. The van der Waals surface area contributed by atoms with Crippen molar-refractivity contribution in [2.24, 2.45) is 0 Å². The van der Waals surface area contributed by atoms with Crippen LogP contribution >= 0.6 is 11.3 Å². The van der Waals surface area contributed by atoms with Crippen LogP contribution in [0.4, 0.5) is 10.5 Å². The minimum Gasteiger partial charge on any atom is -0.494 e. The molecule has 1 heterocycles. The van der Waals surface area contributed by atoms with Gasteiger partial charge in [0.15, 0.2) is 0 Å². The molecular formula is C17H23N3O2S. The van der Waals surface area contributed by atoms with E-state index in [4.69, 9.17) is 4.74 Å². The molecule has 0 aliphatic rings. The van der Waals surface area contributed by atoms with Crippen LogP contribution in [0.1, 0.15) is 18.5 Å². The first-order valence-electron chi connectivity index (χ1n) is 7.56. The minimum absolute atomic E-state index is 0.160. The van der Waals surface area contributed by atoms with E-state index in [2.05, 4.69) is 27.0 Å². The summed E-state index contributed by atoms with van der Waals surface area (Å²) < 4.78 is 5.38. The summed E-state index contributed by atoms with van der Waals surface area (Å²) in [5.74, 6) is 0.795. The molecular weight excluding hydrogens is 310 g/mol. The molecule has 0 unspecified atom stereocenters. The molecule has 2 rings (SSSR count). The van der Waals surface area contributed by atoms with Gasteiger partial charge in [0.1, 0.15) is 5.75 Å². The fourth-order valence-electron chi connectivity index (χ4n) is 2.23. The molecule has 0 aliphatic carbocycles. The summed E-state index contributed by atoms with van der Waals surface area (Å²) in [6.07, 6.45) is 0. The van der Waals surface area contributed by atoms with Gasteiger partial charge in [-0.25, -0.2) is 4.79 Å². The predicted molar refractivity (Wildman–Crippen MR) is 95.4 cm³/mol. The van der Waals surface area contributed by atoms with E-state index in [1.54, 1.807) is 11.3 Å². The van der Waals surface area contributed by atoms with Gasteiger partial charge in [-0.2, -0.15) is 11.3 Å². The predicted octanol–water partition coefficient (Wildman–Crippen LogP) is 3.57. The van der Waals surface area contributed by atoms with Crippen molar-refractivity contribution in [2.45, 2.75) is 13.0 Å². The normalized spacial score (nSPS) is 12.0. The van der Waals surface area contributed by atoms with Gasteiger partial charge < -0.3 is 20.3 Å². The highest BCUT2D eigenvalue weighted by Crippen LogP contribution is 2.20. The Hall–Kier alpha value is -2.05. The average molecular weight is 333 g/mol. The van der Waals surface area contributed by atoms with Crippen LogP contribution in [0.2, 0.25) is 0 Å². The number of rotatable bonds is 7. The molecule has 2 aromatic rings. The standard InChI is InChI=1S/C17H23N3O2S/c1-4-22-15-7-5-14(6-8-15)19-17(21)18-11-16(20(2)3)13-9-10-23-12-13/h5-10,12,16H,4,11H2,1-3H3,(H2,18,19,21)/t16-/m1/s1. The number of hydrogen-bond acceptors (Lipinski definition) is 4. The van der Waals surface area contributed by atoms with Gasteiger partial charge in [0.2, 0.25) is 0 Å². The number of carbonyl (C=O) groups is 1. The quantitative estimate of drug-likeness (QED) is 0.814. The number of amides is 2. The molecule has 0 spiro atoms. The second-order valence-corrected chi connectivity index (χ2v) is 6.11. The molecule has 0 saturated carbocycles. The molecule has 1 aromatic carbocycles. The van der Waals surface area contributed by atoms with Crippen LogP contribution in [0.3, 0.4) is 0 Å². The number of ether oxygens (including phenoxy) is 1. The second kappa shape index (κ2) is 8.55. The zero-order chi connectivity index (χ0) is 16.7. The number of benzene rings is 1. The van der Waals surface area contributed by atoms with E-state index in [0.29, 0.717) is 13.2 Å². The summed E-state index contributed by atoms with van der Waals surface area (Å²) in [4.78, 5) is 14.1. The molecule has 0 bridgehead atoms. The fraction of sp³-hybridized carbons (Fsp3) is 0.353. The van der Waals surface area contributed by atoms with Crippen LogP contribution in [0.25, 0.3) is 0 Å². The Morgan fingerprint density at radius 3 is 2.57 bits per heavy atom. The molecule has 0 radical (unpaired) electrons. The number of likely N-dealkylation sites (N-methyl/N-ethyl adjacent to an activating group) is 1. The Labute approximate surface area is 141 Å². The number of nitrogens with one attached hydrogen (secondary N) is 2. The number of urea groups is 1. The van der Waals surface area contributed by atoms with E-state index in [1.165, 1.54) is 5.56 Å². The van der Waals surface area contributed by atoms with E-state index < -0.39 is 0 Å². The highest BCUT2D eigenvalue weighted by atomic mass is 32.1. The Kier molecular flexibility index (Phi) is 6.43. The molecule has 0 aliphatic heterocycles. The number of hydrogen-bond donors (Lipinski definition) is 2. The summed E-state index contributed by atoms with van der Waals surface area (Å²) in [6, 6.07) is 9.37. The van der Waals surface area contributed by atoms with E-state index in [1.807, 2.05) is 50.7 Å². The molecule has 1 aromatic heterocycles. The summed E-state index contributed by atoms with van der Waals surface area (Å²) in [5, 5.41) is 9.91. The van der Waals surface area contributed by atoms with Gasteiger partial charge in [-0.3, -0.25) is 0 Å². The van der Waals surface area contributed by atoms with Crippen LogP contribution in [0, 0.1) is 0 Å². The Balaban J connectivity index is 1.86. The van der Waals surface area contributed by atoms with Crippen molar-refractivity contribution in [3.05, 3.63) is 46.7 Å². The average Bonchev–Trinajstić information content (AvgIpc) is 3.03. The summed E-state index contributed by atoms with van der Waals surface area (Å²) in [5.41, 5.74) is 1.95. The summed E-state index contributed by atoms with van der Waals surface area (Å²) in [7, 11) is 4.02. The largest absolute Gasteiger partial charge is 0.494 e. The SMILES string of the molecule is CCOc1ccc(NC(=O)NC[C@H](c2ccsc2)N(C)C)cc1. The number of thiophene rings is 1. The minimum atomic E-state index is -0.212. The van der Waals surface area contributed by atoms with Crippen LogP contribution in [-0.4, -0.2) is 38.2 Å². The smallest absolute Gasteiger partial charge is 0.319 e. The highest BCUT2D eigenvalue weighted by molar-refractivity contribution is 7.07. The van der Waals surface area contributed by atoms with Gasteiger partial charge in [0.05, 0.1) is 12.6 Å². The van der Waals surface area contributed by atoms with Crippen molar-refractivity contribution >= 4 is 23.1 Å². The topological polar surface area (TPSA) is 53.6 Å². The van der Waals surface area contributed by atoms with E-state index in [-0.39, 0.29) is 12.1 Å². The molecule has 23 heavy (non-hydrogen) atoms. The maximum absolute atomic E-state index is 12.1. The van der Waals surface area contributed by atoms with Crippen molar-refractivity contribution < 1.29 is 9.53 Å². The van der Waals surface area contributed by atoms with Gasteiger partial charge in [-0.1, -0.05) is 0 Å². The first kappa shape index (κ1) is 17.3. The highest BCUT2D eigenvalue weighted by Gasteiger charge is 2.15. The Morgan fingerprint density at radius 2 is 2.00 bits per heavy atom. The van der Waals surface area contributed by atoms with Crippen LogP contribution in [0.15, 0.2) is 41.1 Å². The Bertz CT molecular complexity index is 597. The zero-order valence-corrected chi connectivity index (χ0v) is 14.5. The summed E-state index contributed by atoms with van der Waals surface area (Å²) >= 11 is 1.66. The number of carbonyl (C=O) groups excluding carboxylic acids is 1. The Morgan fingerprint density at radius 1 is 1.26 bits per heavy atom. The monoisotopic (exact) mass is 333 g/mol. The van der Waals surface area contributed by atoms with Gasteiger partial charge in [0, 0.05) is 12.2 Å². The van der Waals surface area contributed by atoms with E-state index in [0.717, 1.165) is 11.4 Å². The van der Waals surface area contributed by atoms with Crippen LogP contribution in [0.5, 0.6) is 5.75 Å². The van der Waals surface area contributed by atoms with Gasteiger partial charge in [0.25, 0.3) is 0 Å². The van der Waals surface area contributed by atoms with E-state index in [9.17, 15) is 4.79 Å². The first-order chi connectivity index (χ1) is 11.1.